The lowest BCUT2D eigenvalue weighted by atomic mass is 9.73. The van der Waals surface area contributed by atoms with Crippen molar-refractivity contribution in [1.29, 1.82) is 0 Å². The smallest absolute Gasteiger partial charge is 0.322 e. The number of amides is 1. The molecule has 8 heteroatoms. The first-order valence-electron chi connectivity index (χ1n) is 15.0. The highest BCUT2D eigenvalue weighted by Gasteiger charge is 2.41. The number of hydrogen-bond donors (Lipinski definition) is 4. The highest BCUT2D eigenvalue weighted by Crippen LogP contribution is 2.38. The monoisotopic (exact) mass is 587 g/mol. The number of carbonyl (C=O) groups is 4. The van der Waals surface area contributed by atoms with Crippen molar-refractivity contribution in [2.45, 2.75) is 106 Å². The van der Waals surface area contributed by atoms with Crippen molar-refractivity contribution in [3.8, 4) is 11.5 Å². The van der Waals surface area contributed by atoms with E-state index in [1.165, 1.54) is 6.92 Å². The van der Waals surface area contributed by atoms with Gasteiger partial charge in [0.25, 0.3) is 0 Å². The quantitative estimate of drug-likeness (QED) is 0.104. The molecule has 0 fully saturated rings. The number of unbranched alkanes of at least 4 members (excludes halogenated alkanes) is 1. The van der Waals surface area contributed by atoms with Gasteiger partial charge in [-0.2, -0.15) is 0 Å². The molecule has 0 aromatic heterocycles. The van der Waals surface area contributed by atoms with Crippen LogP contribution in [0, 0.1) is 5.41 Å². The lowest BCUT2D eigenvalue weighted by Crippen LogP contribution is -2.47. The summed E-state index contributed by atoms with van der Waals surface area (Å²) in [4.78, 5) is 44.7. The fraction of sp³-hybridized carbons (Fsp3) is 0.529. The number of ketones is 1. The van der Waals surface area contributed by atoms with Gasteiger partial charge in [-0.1, -0.05) is 85.6 Å². The number of hydrogen-bond acceptors (Lipinski definition) is 6. The number of carboxylic acid groups (broad SMARTS) is 1. The first-order valence-corrected chi connectivity index (χ1v) is 15.0. The van der Waals surface area contributed by atoms with Crippen LogP contribution >= 0.6 is 0 Å². The number of phenolic OH excluding ortho intramolecular Hbond substituents is 2. The number of aromatic hydroxyl groups is 2. The molecule has 0 saturated heterocycles. The maximum atomic E-state index is 12.0. The van der Waals surface area contributed by atoms with Gasteiger partial charge in [-0.25, -0.2) is 0 Å². The molecule has 4 N–H and O–H groups in total. The summed E-state index contributed by atoms with van der Waals surface area (Å²) in [6.07, 6.45) is 5.42. The van der Waals surface area contributed by atoms with Crippen LogP contribution in [0.4, 0.5) is 0 Å². The molecular weight excluding hydrogens is 534 g/mol. The molecule has 0 aliphatic rings. The number of Topliss-reactive ketones (excluding diaryl/α,β-unsaturated/α-hetero) is 1. The summed E-state index contributed by atoms with van der Waals surface area (Å²) in [6.45, 7) is 14.9. The molecule has 2 rings (SSSR count). The summed E-state index contributed by atoms with van der Waals surface area (Å²) in [5, 5.41) is 29.8. The molecule has 0 bridgehead atoms. The number of aliphatic carboxylic acids is 1. The zero-order chi connectivity index (χ0) is 32.8. The van der Waals surface area contributed by atoms with Crippen LogP contribution in [0.15, 0.2) is 48.5 Å². The third kappa shape index (κ3) is 12.9. The molecule has 0 aliphatic carbocycles. The lowest BCUT2D eigenvalue weighted by Gasteiger charge is -2.31. The standard InChI is InChI=1S/C18H20O3.C12H21NO4.2C2H6/c1-18(12-2-3-13-19,14-4-8-16(20)9-5-14)15-6-10-17(21)11-7-15;1-4-6-12(7-5-2,9(3)14)11(17)13-8-10(15)16;2*1-2/h4-11,13,20-21H,2-3,12H2,1H3;4-8H2,1-3H3,(H,13,17)(H,15,16);2*1-2H3. The Balaban J connectivity index is 0. The molecule has 0 saturated carbocycles. The fourth-order valence-electron chi connectivity index (χ4n) is 4.70. The highest BCUT2D eigenvalue weighted by molar-refractivity contribution is 6.05. The normalized spacial score (nSPS) is 10.4. The molecule has 1 amide bonds. The average molecular weight is 588 g/mol. The summed E-state index contributed by atoms with van der Waals surface area (Å²) in [7, 11) is 0. The van der Waals surface area contributed by atoms with Crippen LogP contribution in [0.3, 0.4) is 0 Å². The molecule has 2 aromatic rings. The summed E-state index contributed by atoms with van der Waals surface area (Å²) >= 11 is 0. The van der Waals surface area contributed by atoms with Gasteiger partial charge in [0.15, 0.2) is 0 Å². The predicted octanol–water partition coefficient (Wildman–Crippen LogP) is 7.19. The van der Waals surface area contributed by atoms with Crippen LogP contribution in [0.5, 0.6) is 11.5 Å². The van der Waals surface area contributed by atoms with E-state index in [0.29, 0.717) is 32.1 Å². The second-order valence-electron chi connectivity index (χ2n) is 9.70. The Morgan fingerprint density at radius 1 is 0.786 bits per heavy atom. The van der Waals surface area contributed by atoms with Gasteiger partial charge in [-0.05, 0) is 68.0 Å². The molecule has 2 aromatic carbocycles. The Morgan fingerprint density at radius 3 is 1.50 bits per heavy atom. The van der Waals surface area contributed by atoms with Gasteiger partial charge in [0.2, 0.25) is 5.91 Å². The number of rotatable bonds is 14. The molecule has 0 unspecified atom stereocenters. The number of nitrogens with one attached hydrogen (secondary N) is 1. The van der Waals surface area contributed by atoms with Crippen molar-refractivity contribution >= 4 is 23.9 Å². The Kier molecular flexibility index (Phi) is 21.2. The Morgan fingerprint density at radius 2 is 1.19 bits per heavy atom. The molecule has 0 aliphatic heterocycles. The van der Waals surface area contributed by atoms with E-state index in [-0.39, 0.29) is 22.7 Å². The minimum absolute atomic E-state index is 0.191. The van der Waals surface area contributed by atoms with Gasteiger partial charge in [0.05, 0.1) is 0 Å². The van der Waals surface area contributed by atoms with Crippen molar-refractivity contribution in [1.82, 2.24) is 5.32 Å². The molecule has 0 spiro atoms. The van der Waals surface area contributed by atoms with Gasteiger partial charge in [-0.3, -0.25) is 14.4 Å². The number of phenols is 2. The van der Waals surface area contributed by atoms with E-state index in [9.17, 15) is 29.4 Å². The molecule has 0 atom stereocenters. The van der Waals surface area contributed by atoms with Crippen molar-refractivity contribution in [3.63, 3.8) is 0 Å². The van der Waals surface area contributed by atoms with E-state index in [2.05, 4.69) is 12.2 Å². The van der Waals surface area contributed by atoms with Crippen molar-refractivity contribution < 1.29 is 34.5 Å². The molecule has 236 valence electrons. The maximum Gasteiger partial charge on any atom is 0.322 e. The van der Waals surface area contributed by atoms with Crippen LogP contribution < -0.4 is 5.32 Å². The van der Waals surface area contributed by atoms with Gasteiger partial charge in [0.1, 0.15) is 35.5 Å². The topological polar surface area (TPSA) is 141 Å². The number of benzene rings is 2. The minimum atomic E-state index is -1.11. The van der Waals surface area contributed by atoms with E-state index < -0.39 is 23.8 Å². The summed E-state index contributed by atoms with van der Waals surface area (Å²) in [6, 6.07) is 14.3. The second kappa shape index (κ2) is 22.0. The zero-order valence-corrected chi connectivity index (χ0v) is 26.8. The molecule has 0 heterocycles. The Labute approximate surface area is 252 Å². The summed E-state index contributed by atoms with van der Waals surface area (Å²) in [5.41, 5.74) is 0.845. The first kappa shape index (κ1) is 40.5. The molecular formula is C34H53NO7. The largest absolute Gasteiger partial charge is 0.508 e. The Hall–Kier alpha value is -3.68. The van der Waals surface area contributed by atoms with Crippen LogP contribution in [-0.4, -0.2) is 45.8 Å². The Bertz CT molecular complexity index is 995. The van der Waals surface area contributed by atoms with Gasteiger partial charge in [-0.15, -0.1) is 0 Å². The minimum Gasteiger partial charge on any atom is -0.508 e. The number of carboxylic acids is 1. The van der Waals surface area contributed by atoms with Crippen molar-refractivity contribution in [3.05, 3.63) is 59.7 Å². The van der Waals surface area contributed by atoms with Gasteiger partial charge in [0, 0.05) is 11.8 Å². The van der Waals surface area contributed by atoms with Crippen LogP contribution in [0.1, 0.15) is 111 Å². The van der Waals surface area contributed by atoms with Gasteiger partial charge >= 0.3 is 5.97 Å². The van der Waals surface area contributed by atoms with E-state index in [0.717, 1.165) is 30.3 Å². The van der Waals surface area contributed by atoms with Crippen LogP contribution in [0.25, 0.3) is 0 Å². The van der Waals surface area contributed by atoms with Crippen molar-refractivity contribution in [2.24, 2.45) is 5.41 Å². The van der Waals surface area contributed by atoms with E-state index in [1.54, 1.807) is 24.3 Å². The van der Waals surface area contributed by atoms with E-state index in [1.807, 2.05) is 65.8 Å². The van der Waals surface area contributed by atoms with Gasteiger partial charge < -0.3 is 25.4 Å². The molecule has 8 nitrogen and oxygen atoms in total. The third-order valence-electron chi connectivity index (χ3n) is 6.87. The predicted molar refractivity (Wildman–Crippen MR) is 169 cm³/mol. The highest BCUT2D eigenvalue weighted by atomic mass is 16.4. The lowest BCUT2D eigenvalue weighted by molar-refractivity contribution is -0.145. The SMILES string of the molecule is CC.CC.CC(CCCC=O)(c1ccc(O)cc1)c1ccc(O)cc1.CCCC(CCC)(C(C)=O)C(=O)NCC(=O)O. The second-order valence-corrected chi connectivity index (χ2v) is 9.70. The van der Waals surface area contributed by atoms with Crippen molar-refractivity contribution in [2.75, 3.05) is 6.54 Å². The fourth-order valence-corrected chi connectivity index (χ4v) is 4.70. The van der Waals surface area contributed by atoms with E-state index >= 15 is 0 Å². The number of carbonyl (C=O) groups excluding carboxylic acids is 3. The molecule has 42 heavy (non-hydrogen) atoms. The third-order valence-corrected chi connectivity index (χ3v) is 6.87. The summed E-state index contributed by atoms with van der Waals surface area (Å²) in [5.74, 6) is -1.29. The average Bonchev–Trinajstić information content (AvgIpc) is 2.98. The van der Waals surface area contributed by atoms with E-state index in [4.69, 9.17) is 5.11 Å². The van der Waals surface area contributed by atoms with Crippen LogP contribution in [-0.2, 0) is 24.6 Å². The number of aldehydes is 1. The molecule has 0 radical (unpaired) electrons. The zero-order valence-electron chi connectivity index (χ0n) is 26.8. The van der Waals surface area contributed by atoms with Crippen LogP contribution in [0.2, 0.25) is 0 Å². The first-order chi connectivity index (χ1) is 20.0. The maximum absolute atomic E-state index is 12.0. The summed E-state index contributed by atoms with van der Waals surface area (Å²) < 4.78 is 0.